The molecule has 0 spiro atoms. The number of hydrogen-bond donors (Lipinski definition) is 0. The number of hydrogen-bond acceptors (Lipinski definition) is 8. The molecule has 2 aromatic carbocycles. The SMILES string of the molecule is COc1cc(C(=O)N2CCN(c3ccc(-c4noc(C5CC5)n4)cc3)CC2)cc(OC)c1OC. The van der Waals surface area contributed by atoms with Gasteiger partial charge in [0.15, 0.2) is 11.5 Å². The second-order valence-electron chi connectivity index (χ2n) is 8.47. The first kappa shape index (κ1) is 22.1. The standard InChI is InChI=1S/C25H28N4O5/c1-31-20-14-18(15-21(32-2)22(20)33-3)25(30)29-12-10-28(11-13-29)19-8-6-16(7-9-19)23-26-24(34-27-23)17-4-5-17/h6-9,14-15,17H,4-5,10-13H2,1-3H3. The van der Waals surface area contributed by atoms with E-state index in [0.29, 0.717) is 47.6 Å². The molecule has 1 aliphatic heterocycles. The fraction of sp³-hybridized carbons (Fsp3) is 0.400. The maximum atomic E-state index is 13.2. The van der Waals surface area contributed by atoms with Crippen LogP contribution < -0.4 is 19.1 Å². The van der Waals surface area contributed by atoms with Crippen LogP contribution in [-0.2, 0) is 0 Å². The van der Waals surface area contributed by atoms with Crippen molar-refractivity contribution < 1.29 is 23.5 Å². The number of rotatable bonds is 7. The second kappa shape index (κ2) is 9.24. The van der Waals surface area contributed by atoms with Crippen molar-refractivity contribution in [3.05, 3.63) is 47.9 Å². The topological polar surface area (TPSA) is 90.2 Å². The van der Waals surface area contributed by atoms with Gasteiger partial charge in [-0.1, -0.05) is 5.16 Å². The number of piperazine rings is 1. The van der Waals surface area contributed by atoms with Crippen molar-refractivity contribution in [2.75, 3.05) is 52.4 Å². The lowest BCUT2D eigenvalue weighted by Gasteiger charge is -2.36. The Bertz CT molecular complexity index is 1140. The van der Waals surface area contributed by atoms with Gasteiger partial charge in [0.05, 0.1) is 21.3 Å². The highest BCUT2D eigenvalue weighted by atomic mass is 16.5. The summed E-state index contributed by atoms with van der Waals surface area (Å²) in [5, 5.41) is 4.11. The molecule has 9 heteroatoms. The van der Waals surface area contributed by atoms with E-state index in [9.17, 15) is 4.79 Å². The van der Waals surface area contributed by atoms with E-state index in [-0.39, 0.29) is 5.91 Å². The maximum Gasteiger partial charge on any atom is 0.254 e. The fourth-order valence-electron chi connectivity index (χ4n) is 4.22. The van der Waals surface area contributed by atoms with Crippen LogP contribution in [-0.4, -0.2) is 68.5 Å². The zero-order valence-corrected chi connectivity index (χ0v) is 19.6. The van der Waals surface area contributed by atoms with E-state index >= 15 is 0 Å². The molecule has 0 N–H and O–H groups in total. The first-order valence-corrected chi connectivity index (χ1v) is 11.4. The third kappa shape index (κ3) is 4.25. The van der Waals surface area contributed by atoms with Gasteiger partial charge < -0.3 is 28.5 Å². The average Bonchev–Trinajstić information content (AvgIpc) is 3.63. The highest BCUT2D eigenvalue weighted by Gasteiger charge is 2.30. The smallest absolute Gasteiger partial charge is 0.254 e. The minimum absolute atomic E-state index is 0.0576. The van der Waals surface area contributed by atoms with Gasteiger partial charge in [0, 0.05) is 48.9 Å². The number of methoxy groups -OCH3 is 3. The van der Waals surface area contributed by atoms with Crippen LogP contribution in [0.3, 0.4) is 0 Å². The summed E-state index contributed by atoms with van der Waals surface area (Å²) in [7, 11) is 4.63. The van der Waals surface area contributed by atoms with Gasteiger partial charge in [-0.05, 0) is 49.2 Å². The lowest BCUT2D eigenvalue weighted by Crippen LogP contribution is -2.48. The van der Waals surface area contributed by atoms with Crippen molar-refractivity contribution in [2.24, 2.45) is 0 Å². The van der Waals surface area contributed by atoms with Crippen molar-refractivity contribution in [1.29, 1.82) is 0 Å². The summed E-state index contributed by atoms with van der Waals surface area (Å²) in [6, 6.07) is 11.6. The van der Waals surface area contributed by atoms with Crippen molar-refractivity contribution in [3.63, 3.8) is 0 Å². The van der Waals surface area contributed by atoms with Gasteiger partial charge in [0.2, 0.25) is 17.5 Å². The Morgan fingerprint density at radius 2 is 1.59 bits per heavy atom. The van der Waals surface area contributed by atoms with Gasteiger partial charge in [-0.2, -0.15) is 4.98 Å². The molecule has 1 saturated heterocycles. The predicted octanol–water partition coefficient (Wildman–Crippen LogP) is 3.60. The summed E-state index contributed by atoms with van der Waals surface area (Å²) >= 11 is 0. The molecular formula is C25H28N4O5. The summed E-state index contributed by atoms with van der Waals surface area (Å²) in [5.41, 5.74) is 2.56. The minimum atomic E-state index is -0.0576. The predicted molar refractivity (Wildman–Crippen MR) is 126 cm³/mol. The van der Waals surface area contributed by atoms with Gasteiger partial charge in [0.1, 0.15) is 0 Å². The van der Waals surface area contributed by atoms with Crippen molar-refractivity contribution in [3.8, 4) is 28.6 Å². The Labute approximate surface area is 198 Å². The number of anilines is 1. The van der Waals surface area contributed by atoms with Crippen LogP contribution in [0.4, 0.5) is 5.69 Å². The van der Waals surface area contributed by atoms with E-state index in [1.54, 1.807) is 33.5 Å². The Hall–Kier alpha value is -3.75. The number of ether oxygens (including phenoxy) is 3. The first-order valence-electron chi connectivity index (χ1n) is 11.4. The summed E-state index contributed by atoms with van der Waals surface area (Å²) in [5.74, 6) is 3.17. The molecule has 1 saturated carbocycles. The van der Waals surface area contributed by atoms with Gasteiger partial charge in [-0.15, -0.1) is 0 Å². The Balaban J connectivity index is 1.23. The average molecular weight is 465 g/mol. The molecule has 2 fully saturated rings. The molecule has 2 heterocycles. The van der Waals surface area contributed by atoms with Crippen molar-refractivity contribution >= 4 is 11.6 Å². The largest absolute Gasteiger partial charge is 0.493 e. The third-order valence-corrected chi connectivity index (χ3v) is 6.34. The van der Waals surface area contributed by atoms with Crippen LogP contribution in [0.2, 0.25) is 0 Å². The van der Waals surface area contributed by atoms with E-state index in [2.05, 4.69) is 27.2 Å². The highest BCUT2D eigenvalue weighted by molar-refractivity contribution is 5.95. The molecule has 1 aliphatic carbocycles. The Kier molecular flexibility index (Phi) is 6.00. The highest BCUT2D eigenvalue weighted by Crippen LogP contribution is 2.40. The van der Waals surface area contributed by atoms with E-state index in [1.807, 2.05) is 17.0 Å². The van der Waals surface area contributed by atoms with Crippen LogP contribution in [0.5, 0.6) is 17.2 Å². The molecule has 3 aromatic rings. The first-order chi connectivity index (χ1) is 16.6. The third-order valence-electron chi connectivity index (χ3n) is 6.34. The van der Waals surface area contributed by atoms with Gasteiger partial charge in [0.25, 0.3) is 5.91 Å². The van der Waals surface area contributed by atoms with Crippen molar-refractivity contribution in [2.45, 2.75) is 18.8 Å². The van der Waals surface area contributed by atoms with Crippen LogP contribution in [0, 0.1) is 0 Å². The van der Waals surface area contributed by atoms with Crippen LogP contribution in [0.25, 0.3) is 11.4 Å². The van der Waals surface area contributed by atoms with E-state index in [1.165, 1.54) is 0 Å². The molecular weight excluding hydrogens is 436 g/mol. The number of benzene rings is 2. The number of carbonyl (C=O) groups excluding carboxylic acids is 1. The Morgan fingerprint density at radius 1 is 0.941 bits per heavy atom. The molecule has 9 nitrogen and oxygen atoms in total. The molecule has 0 radical (unpaired) electrons. The monoisotopic (exact) mass is 464 g/mol. The summed E-state index contributed by atoms with van der Waals surface area (Å²) in [6.45, 7) is 2.72. The summed E-state index contributed by atoms with van der Waals surface area (Å²) in [6.07, 6.45) is 2.27. The number of aromatic nitrogens is 2. The zero-order valence-electron chi connectivity index (χ0n) is 19.6. The zero-order chi connectivity index (χ0) is 23.7. The quantitative estimate of drug-likeness (QED) is 0.524. The van der Waals surface area contributed by atoms with E-state index < -0.39 is 0 Å². The van der Waals surface area contributed by atoms with Crippen molar-refractivity contribution in [1.82, 2.24) is 15.0 Å². The van der Waals surface area contributed by atoms with E-state index in [4.69, 9.17) is 18.7 Å². The molecule has 0 bridgehead atoms. The van der Waals surface area contributed by atoms with Gasteiger partial charge >= 0.3 is 0 Å². The normalized spacial score (nSPS) is 15.9. The maximum absolute atomic E-state index is 13.2. The van der Waals surface area contributed by atoms with Crippen LogP contribution in [0.1, 0.15) is 35.0 Å². The molecule has 1 amide bonds. The van der Waals surface area contributed by atoms with Crippen LogP contribution in [0.15, 0.2) is 40.9 Å². The summed E-state index contributed by atoms with van der Waals surface area (Å²) in [4.78, 5) is 21.8. The molecule has 2 aliphatic rings. The number of amides is 1. The molecule has 0 unspecified atom stereocenters. The lowest BCUT2D eigenvalue weighted by molar-refractivity contribution is 0.0746. The minimum Gasteiger partial charge on any atom is -0.493 e. The van der Waals surface area contributed by atoms with Gasteiger partial charge in [-0.25, -0.2) is 0 Å². The lowest BCUT2D eigenvalue weighted by atomic mass is 10.1. The molecule has 178 valence electrons. The molecule has 1 aromatic heterocycles. The molecule has 5 rings (SSSR count). The van der Waals surface area contributed by atoms with Gasteiger partial charge in [-0.3, -0.25) is 4.79 Å². The number of nitrogens with zero attached hydrogens (tertiary/aromatic N) is 4. The fourth-order valence-corrected chi connectivity index (χ4v) is 4.22. The Morgan fingerprint density at radius 3 is 2.15 bits per heavy atom. The molecule has 34 heavy (non-hydrogen) atoms. The number of carbonyl (C=O) groups is 1. The van der Waals surface area contributed by atoms with Crippen LogP contribution >= 0.6 is 0 Å². The molecule has 0 atom stereocenters. The van der Waals surface area contributed by atoms with E-state index in [0.717, 1.165) is 43.1 Å². The summed E-state index contributed by atoms with van der Waals surface area (Å²) < 4.78 is 21.5. The second-order valence-corrected chi connectivity index (χ2v) is 8.47.